The summed E-state index contributed by atoms with van der Waals surface area (Å²) in [6.07, 6.45) is 2.59. The summed E-state index contributed by atoms with van der Waals surface area (Å²) < 4.78 is 37.9. The third kappa shape index (κ3) is 5.76. The SMILES string of the molecule is CCCCC=C[C@@H](NC(=O)c1ccc(C(F)(F)F)cc1)c1ccccc1. The van der Waals surface area contributed by atoms with Gasteiger partial charge in [-0.05, 0) is 36.2 Å². The smallest absolute Gasteiger partial charge is 0.342 e. The molecule has 0 spiro atoms. The van der Waals surface area contributed by atoms with Gasteiger partial charge in [-0.1, -0.05) is 62.2 Å². The Labute approximate surface area is 151 Å². The second-order valence-electron chi connectivity index (χ2n) is 6.01. The molecule has 0 aliphatic heterocycles. The minimum atomic E-state index is -4.41. The van der Waals surface area contributed by atoms with Gasteiger partial charge in [0.2, 0.25) is 0 Å². The fourth-order valence-electron chi connectivity index (χ4n) is 2.49. The molecule has 2 rings (SSSR count). The van der Waals surface area contributed by atoms with Crippen LogP contribution in [0.15, 0.2) is 66.7 Å². The zero-order valence-corrected chi connectivity index (χ0v) is 14.6. The lowest BCUT2D eigenvalue weighted by molar-refractivity contribution is -0.137. The molecule has 0 unspecified atom stereocenters. The first-order valence-corrected chi connectivity index (χ1v) is 8.61. The van der Waals surface area contributed by atoms with Crippen molar-refractivity contribution in [3.05, 3.63) is 83.4 Å². The highest BCUT2D eigenvalue weighted by Crippen LogP contribution is 2.29. The van der Waals surface area contributed by atoms with Crippen LogP contribution >= 0.6 is 0 Å². The zero-order chi connectivity index (χ0) is 19.0. The van der Waals surface area contributed by atoms with Gasteiger partial charge in [-0.15, -0.1) is 0 Å². The number of carbonyl (C=O) groups is 1. The number of nitrogens with one attached hydrogen (secondary N) is 1. The Morgan fingerprint density at radius 3 is 2.31 bits per heavy atom. The van der Waals surface area contributed by atoms with Crippen LogP contribution in [0.4, 0.5) is 13.2 Å². The molecular weight excluding hydrogens is 339 g/mol. The molecular formula is C21H22F3NO. The van der Waals surface area contributed by atoms with Crippen molar-refractivity contribution in [2.75, 3.05) is 0 Å². The van der Waals surface area contributed by atoms with Crippen molar-refractivity contribution in [2.45, 2.75) is 38.4 Å². The molecule has 0 saturated carbocycles. The van der Waals surface area contributed by atoms with Gasteiger partial charge < -0.3 is 5.32 Å². The summed E-state index contributed by atoms with van der Waals surface area (Å²) in [5.41, 5.74) is 0.342. The predicted molar refractivity (Wildman–Crippen MR) is 96.8 cm³/mol. The zero-order valence-electron chi connectivity index (χ0n) is 14.6. The van der Waals surface area contributed by atoms with E-state index in [1.54, 1.807) is 0 Å². The summed E-state index contributed by atoms with van der Waals surface area (Å²) in [5, 5.41) is 2.88. The standard InChI is InChI=1S/C21H22F3NO/c1-2-3-4-8-11-19(16-9-6-5-7-10-16)25-20(26)17-12-14-18(15-13-17)21(22,23)24/h5-15,19H,2-4H2,1H3,(H,25,26)/t19-/m1/s1. The van der Waals surface area contributed by atoms with Crippen LogP contribution in [0, 0.1) is 0 Å². The largest absolute Gasteiger partial charge is 0.416 e. The summed E-state index contributed by atoms with van der Waals surface area (Å²) in [6.45, 7) is 2.11. The molecule has 5 heteroatoms. The molecule has 138 valence electrons. The van der Waals surface area contributed by atoms with Gasteiger partial charge in [0.1, 0.15) is 0 Å². The third-order valence-electron chi connectivity index (χ3n) is 3.97. The number of benzene rings is 2. The highest BCUT2D eigenvalue weighted by Gasteiger charge is 2.30. The number of alkyl halides is 3. The van der Waals surface area contributed by atoms with E-state index in [0.717, 1.165) is 37.0 Å². The molecule has 2 aromatic rings. The molecule has 0 fully saturated rings. The van der Waals surface area contributed by atoms with Crippen LogP contribution in [0.2, 0.25) is 0 Å². The minimum absolute atomic E-state index is 0.195. The van der Waals surface area contributed by atoms with E-state index < -0.39 is 17.6 Å². The Balaban J connectivity index is 2.14. The summed E-state index contributed by atoms with van der Waals surface area (Å²) >= 11 is 0. The van der Waals surface area contributed by atoms with Crippen molar-refractivity contribution in [3.8, 4) is 0 Å². The Kier molecular flexibility index (Phi) is 7.01. The monoisotopic (exact) mass is 361 g/mol. The van der Waals surface area contributed by atoms with Crippen LogP contribution in [0.5, 0.6) is 0 Å². The van der Waals surface area contributed by atoms with Gasteiger partial charge in [0.25, 0.3) is 5.91 Å². The van der Waals surface area contributed by atoms with Crippen molar-refractivity contribution in [3.63, 3.8) is 0 Å². The molecule has 0 radical (unpaired) electrons. The molecule has 0 heterocycles. The number of hydrogen-bond donors (Lipinski definition) is 1. The van der Waals surface area contributed by atoms with Crippen LogP contribution in [-0.2, 0) is 6.18 Å². The van der Waals surface area contributed by atoms with Gasteiger partial charge in [0, 0.05) is 5.56 Å². The number of rotatable bonds is 7. The topological polar surface area (TPSA) is 29.1 Å². The molecule has 0 aromatic heterocycles. The Hall–Kier alpha value is -2.56. The van der Waals surface area contributed by atoms with E-state index in [1.807, 2.05) is 42.5 Å². The van der Waals surface area contributed by atoms with Crippen LogP contribution in [0.1, 0.15) is 53.7 Å². The minimum Gasteiger partial charge on any atom is -0.342 e. The number of unbranched alkanes of at least 4 members (excludes halogenated alkanes) is 2. The molecule has 2 nitrogen and oxygen atoms in total. The van der Waals surface area contributed by atoms with Crippen molar-refractivity contribution in [1.29, 1.82) is 0 Å². The molecule has 0 saturated heterocycles. The van der Waals surface area contributed by atoms with Crippen molar-refractivity contribution in [1.82, 2.24) is 5.32 Å². The molecule has 26 heavy (non-hydrogen) atoms. The average Bonchev–Trinajstić information content (AvgIpc) is 2.64. The molecule has 1 N–H and O–H groups in total. The second-order valence-corrected chi connectivity index (χ2v) is 6.01. The lowest BCUT2D eigenvalue weighted by atomic mass is 10.0. The van der Waals surface area contributed by atoms with E-state index in [9.17, 15) is 18.0 Å². The number of allylic oxidation sites excluding steroid dienone is 1. The summed E-state index contributed by atoms with van der Waals surface area (Å²) in [7, 11) is 0. The van der Waals surface area contributed by atoms with Gasteiger partial charge in [0.15, 0.2) is 0 Å². The second kappa shape index (κ2) is 9.22. The van der Waals surface area contributed by atoms with Crippen LogP contribution in [0.25, 0.3) is 0 Å². The molecule has 2 aromatic carbocycles. The lowest BCUT2D eigenvalue weighted by Gasteiger charge is -2.16. The Morgan fingerprint density at radius 1 is 1.08 bits per heavy atom. The average molecular weight is 361 g/mol. The van der Waals surface area contributed by atoms with Crippen molar-refractivity contribution < 1.29 is 18.0 Å². The van der Waals surface area contributed by atoms with E-state index in [2.05, 4.69) is 12.2 Å². The first-order valence-electron chi connectivity index (χ1n) is 8.61. The highest BCUT2D eigenvalue weighted by molar-refractivity contribution is 5.94. The number of carbonyl (C=O) groups excluding carboxylic acids is 1. The van der Waals surface area contributed by atoms with E-state index in [-0.39, 0.29) is 11.6 Å². The fourth-order valence-corrected chi connectivity index (χ4v) is 2.49. The summed E-state index contributed by atoms with van der Waals surface area (Å²) in [6, 6.07) is 13.4. The van der Waals surface area contributed by atoms with Gasteiger partial charge in [-0.25, -0.2) is 0 Å². The van der Waals surface area contributed by atoms with E-state index in [4.69, 9.17) is 0 Å². The number of halogens is 3. The van der Waals surface area contributed by atoms with Gasteiger partial charge in [0.05, 0.1) is 11.6 Å². The predicted octanol–water partition coefficient (Wildman–Crippen LogP) is 5.92. The first kappa shape index (κ1) is 19.8. The van der Waals surface area contributed by atoms with Gasteiger partial charge in [-0.3, -0.25) is 4.79 Å². The van der Waals surface area contributed by atoms with Crippen molar-refractivity contribution in [2.24, 2.45) is 0 Å². The fraction of sp³-hybridized carbons (Fsp3) is 0.286. The summed E-state index contributed by atoms with van der Waals surface area (Å²) in [4.78, 5) is 12.5. The van der Waals surface area contributed by atoms with E-state index in [1.165, 1.54) is 12.1 Å². The van der Waals surface area contributed by atoms with Gasteiger partial charge in [-0.2, -0.15) is 13.2 Å². The molecule has 1 amide bonds. The quantitative estimate of drug-likeness (QED) is 0.481. The van der Waals surface area contributed by atoms with E-state index >= 15 is 0 Å². The normalized spacial score (nSPS) is 12.9. The molecule has 1 atom stereocenters. The van der Waals surface area contributed by atoms with Crippen LogP contribution in [0.3, 0.4) is 0 Å². The molecule has 0 bridgehead atoms. The molecule has 0 aliphatic carbocycles. The van der Waals surface area contributed by atoms with E-state index in [0.29, 0.717) is 0 Å². The lowest BCUT2D eigenvalue weighted by Crippen LogP contribution is -2.27. The van der Waals surface area contributed by atoms with Gasteiger partial charge >= 0.3 is 6.18 Å². The Bertz CT molecular complexity index is 721. The van der Waals surface area contributed by atoms with Crippen LogP contribution < -0.4 is 5.32 Å². The number of amides is 1. The maximum absolute atomic E-state index is 12.6. The highest BCUT2D eigenvalue weighted by atomic mass is 19.4. The Morgan fingerprint density at radius 2 is 1.73 bits per heavy atom. The summed E-state index contributed by atoms with van der Waals surface area (Å²) in [5.74, 6) is -0.410. The third-order valence-corrected chi connectivity index (χ3v) is 3.97. The maximum Gasteiger partial charge on any atom is 0.416 e. The molecule has 0 aliphatic rings. The maximum atomic E-state index is 12.6. The first-order chi connectivity index (χ1) is 12.4. The number of hydrogen-bond acceptors (Lipinski definition) is 1. The van der Waals surface area contributed by atoms with Crippen molar-refractivity contribution >= 4 is 5.91 Å². The van der Waals surface area contributed by atoms with Crippen LogP contribution in [-0.4, -0.2) is 5.91 Å².